The summed E-state index contributed by atoms with van der Waals surface area (Å²) < 4.78 is 1.59. The number of benzene rings is 2. The Morgan fingerprint density at radius 1 is 1.18 bits per heavy atom. The van der Waals surface area contributed by atoms with Gasteiger partial charge in [-0.1, -0.05) is 79.8 Å². The van der Waals surface area contributed by atoms with Crippen LogP contribution in [0.2, 0.25) is 5.02 Å². The molecule has 1 heterocycles. The second kappa shape index (κ2) is 12.9. The molecule has 9 heteroatoms. The Labute approximate surface area is 198 Å². The maximum atomic E-state index is 10.8. The molecular weight excluding hydrogens is 444 g/mol. The van der Waals surface area contributed by atoms with Gasteiger partial charge in [0.2, 0.25) is 0 Å². The standard InChI is InChI=1S/C15H18ClN3O.C9H11NO3/c1-15(2,3)14(20)13(19-10-17-9-18-19)8-11-4-6-12(16)7-5-11;10-13-12-9(11)7-6-8-4-2-1-3-5-8/h4-10,14,20H,1-3H3;1-5H,6-7,10H2/b13-8+;. The number of aliphatic hydroxyl groups excluding tert-OH is 1. The van der Waals surface area contributed by atoms with Crippen molar-refractivity contribution in [3.8, 4) is 0 Å². The molecule has 3 aromatic rings. The van der Waals surface area contributed by atoms with Gasteiger partial charge in [-0.2, -0.15) is 11.0 Å². The summed E-state index contributed by atoms with van der Waals surface area (Å²) in [6.45, 7) is 5.93. The second-order valence-corrected chi connectivity index (χ2v) is 8.70. The van der Waals surface area contributed by atoms with Crippen molar-refractivity contribution in [2.75, 3.05) is 0 Å². The van der Waals surface area contributed by atoms with Crippen LogP contribution >= 0.6 is 11.6 Å². The highest BCUT2D eigenvalue weighted by Crippen LogP contribution is 2.28. The van der Waals surface area contributed by atoms with Crippen molar-refractivity contribution >= 4 is 29.3 Å². The Morgan fingerprint density at radius 2 is 1.85 bits per heavy atom. The summed E-state index contributed by atoms with van der Waals surface area (Å²) >= 11 is 5.89. The molecule has 0 bridgehead atoms. The quantitative estimate of drug-likeness (QED) is 0.389. The van der Waals surface area contributed by atoms with Crippen LogP contribution in [0.1, 0.15) is 38.3 Å². The molecule has 176 valence electrons. The first-order chi connectivity index (χ1) is 15.7. The monoisotopic (exact) mass is 472 g/mol. The van der Waals surface area contributed by atoms with E-state index in [4.69, 9.17) is 11.6 Å². The number of aromatic nitrogens is 3. The summed E-state index contributed by atoms with van der Waals surface area (Å²) in [5.41, 5.74) is 2.40. The van der Waals surface area contributed by atoms with E-state index in [1.54, 1.807) is 11.0 Å². The number of halogens is 1. The number of aliphatic hydroxyl groups is 1. The van der Waals surface area contributed by atoms with Crippen LogP contribution in [-0.4, -0.2) is 31.9 Å². The summed E-state index contributed by atoms with van der Waals surface area (Å²) in [4.78, 5) is 22.6. The van der Waals surface area contributed by atoms with E-state index < -0.39 is 12.1 Å². The van der Waals surface area contributed by atoms with Crippen molar-refractivity contribution in [3.63, 3.8) is 0 Å². The first kappa shape index (κ1) is 26.2. The molecule has 1 aromatic heterocycles. The number of carbonyl (C=O) groups excluding carboxylic acids is 1. The van der Waals surface area contributed by atoms with E-state index in [-0.39, 0.29) is 11.8 Å². The molecule has 0 spiro atoms. The first-order valence-electron chi connectivity index (χ1n) is 10.3. The van der Waals surface area contributed by atoms with Crippen LogP contribution in [-0.2, 0) is 21.1 Å². The maximum absolute atomic E-state index is 10.8. The van der Waals surface area contributed by atoms with E-state index in [0.29, 0.717) is 17.1 Å². The molecule has 0 saturated carbocycles. The van der Waals surface area contributed by atoms with Crippen molar-refractivity contribution in [2.45, 2.75) is 39.7 Å². The molecule has 0 radical (unpaired) electrons. The summed E-state index contributed by atoms with van der Waals surface area (Å²) in [5, 5.41) is 15.3. The molecule has 1 unspecified atom stereocenters. The average Bonchev–Trinajstić information content (AvgIpc) is 3.32. The number of hydrogen-bond acceptors (Lipinski definition) is 7. The minimum atomic E-state index is -0.667. The molecule has 3 rings (SSSR count). The number of aryl methyl sites for hydroxylation is 1. The molecular formula is C24H29ClN4O4. The van der Waals surface area contributed by atoms with Crippen LogP contribution in [0.4, 0.5) is 0 Å². The molecule has 1 atom stereocenters. The van der Waals surface area contributed by atoms with Gasteiger partial charge in [-0.25, -0.2) is 14.5 Å². The second-order valence-electron chi connectivity index (χ2n) is 8.27. The molecule has 0 amide bonds. The molecule has 8 nitrogen and oxygen atoms in total. The highest BCUT2D eigenvalue weighted by molar-refractivity contribution is 6.30. The lowest BCUT2D eigenvalue weighted by Crippen LogP contribution is -2.29. The highest BCUT2D eigenvalue weighted by Gasteiger charge is 2.27. The van der Waals surface area contributed by atoms with Crippen molar-refractivity contribution in [1.82, 2.24) is 14.8 Å². The van der Waals surface area contributed by atoms with E-state index in [2.05, 4.69) is 25.9 Å². The minimum Gasteiger partial charge on any atom is -0.386 e. The minimum absolute atomic E-state index is 0.265. The largest absolute Gasteiger partial charge is 0.386 e. The summed E-state index contributed by atoms with van der Waals surface area (Å²) in [5.74, 6) is 4.09. The molecule has 0 aliphatic rings. The van der Waals surface area contributed by atoms with Gasteiger partial charge in [0.25, 0.3) is 0 Å². The van der Waals surface area contributed by atoms with E-state index in [0.717, 1.165) is 11.1 Å². The number of nitrogens with two attached hydrogens (primary N) is 1. The number of carbonyl (C=O) groups is 1. The van der Waals surface area contributed by atoms with E-state index in [1.807, 2.05) is 81.4 Å². The topological polar surface area (TPSA) is 112 Å². The van der Waals surface area contributed by atoms with Gasteiger partial charge in [-0.15, -0.1) is 0 Å². The van der Waals surface area contributed by atoms with Crippen molar-refractivity contribution in [2.24, 2.45) is 11.3 Å². The molecule has 0 fully saturated rings. The lowest BCUT2D eigenvalue weighted by molar-refractivity contribution is -0.276. The SMILES string of the molecule is CC(C)(C)C(O)/C(=C\c1ccc(Cl)cc1)n1cncn1.NOOC(=O)CCc1ccccc1. The predicted molar refractivity (Wildman–Crippen MR) is 127 cm³/mol. The summed E-state index contributed by atoms with van der Waals surface area (Å²) in [6.07, 6.45) is 5.15. The average molecular weight is 473 g/mol. The van der Waals surface area contributed by atoms with Gasteiger partial charge < -0.3 is 5.11 Å². The van der Waals surface area contributed by atoms with E-state index in [9.17, 15) is 9.90 Å². The third kappa shape index (κ3) is 9.15. The molecule has 2 aromatic carbocycles. The zero-order chi connectivity index (χ0) is 24.3. The fourth-order valence-corrected chi connectivity index (χ4v) is 2.90. The van der Waals surface area contributed by atoms with Gasteiger partial charge in [0, 0.05) is 5.02 Å². The molecule has 0 aliphatic carbocycles. The Kier molecular flexibility index (Phi) is 10.2. The van der Waals surface area contributed by atoms with Gasteiger partial charge in [0.05, 0.1) is 12.1 Å². The molecule has 33 heavy (non-hydrogen) atoms. The van der Waals surface area contributed by atoms with Gasteiger partial charge in [0.1, 0.15) is 18.8 Å². The Bertz CT molecular complexity index is 1000. The number of rotatable bonds is 7. The van der Waals surface area contributed by atoms with Crippen molar-refractivity contribution < 1.29 is 19.8 Å². The van der Waals surface area contributed by atoms with Crippen LogP contribution in [0.3, 0.4) is 0 Å². The number of nitrogens with zero attached hydrogens (tertiary/aromatic N) is 3. The van der Waals surface area contributed by atoms with E-state index in [1.165, 1.54) is 6.33 Å². The van der Waals surface area contributed by atoms with Crippen molar-refractivity contribution in [1.29, 1.82) is 0 Å². The van der Waals surface area contributed by atoms with Crippen LogP contribution in [0.5, 0.6) is 0 Å². The Morgan fingerprint density at radius 3 is 2.39 bits per heavy atom. The van der Waals surface area contributed by atoms with Crippen LogP contribution in [0.25, 0.3) is 11.8 Å². The zero-order valence-electron chi connectivity index (χ0n) is 18.9. The molecule has 3 N–H and O–H groups in total. The van der Waals surface area contributed by atoms with Gasteiger partial charge >= 0.3 is 5.97 Å². The van der Waals surface area contributed by atoms with Crippen LogP contribution in [0.15, 0.2) is 67.3 Å². The fourth-order valence-electron chi connectivity index (χ4n) is 2.77. The van der Waals surface area contributed by atoms with Gasteiger partial charge in [-0.05, 0) is 41.2 Å². The zero-order valence-corrected chi connectivity index (χ0v) is 19.6. The maximum Gasteiger partial charge on any atom is 0.344 e. The van der Waals surface area contributed by atoms with Crippen LogP contribution < -0.4 is 5.90 Å². The van der Waals surface area contributed by atoms with Crippen LogP contribution in [0, 0.1) is 5.41 Å². The normalized spacial score (nSPS) is 12.5. The Balaban J connectivity index is 0.000000257. The van der Waals surface area contributed by atoms with Gasteiger partial charge in [0.15, 0.2) is 0 Å². The smallest absolute Gasteiger partial charge is 0.344 e. The summed E-state index contributed by atoms with van der Waals surface area (Å²) in [6, 6.07) is 17.1. The Hall–Kier alpha value is -3.04. The third-order valence-electron chi connectivity index (χ3n) is 4.57. The summed E-state index contributed by atoms with van der Waals surface area (Å²) in [7, 11) is 0. The molecule has 0 aliphatic heterocycles. The number of hydrogen-bond donors (Lipinski definition) is 2. The highest BCUT2D eigenvalue weighted by atomic mass is 35.5. The van der Waals surface area contributed by atoms with Crippen molar-refractivity contribution in [3.05, 3.63) is 83.4 Å². The lowest BCUT2D eigenvalue weighted by Gasteiger charge is -2.27. The fraction of sp³-hybridized carbons (Fsp3) is 0.292. The van der Waals surface area contributed by atoms with E-state index >= 15 is 0 Å². The predicted octanol–water partition coefficient (Wildman–Crippen LogP) is 4.30. The lowest BCUT2D eigenvalue weighted by atomic mass is 9.86. The first-order valence-corrected chi connectivity index (χ1v) is 10.7. The van der Waals surface area contributed by atoms with Gasteiger partial charge in [-0.3, -0.25) is 4.89 Å². The molecule has 0 saturated heterocycles. The third-order valence-corrected chi connectivity index (χ3v) is 4.82.